The van der Waals surface area contributed by atoms with Gasteiger partial charge in [0.25, 0.3) is 10.1 Å². The topological polar surface area (TPSA) is 89.9 Å². The van der Waals surface area contributed by atoms with Gasteiger partial charge in [-0.3, -0.25) is 4.55 Å². The van der Waals surface area contributed by atoms with E-state index in [-0.39, 0.29) is 18.1 Å². The third-order valence-corrected chi connectivity index (χ3v) is 7.97. The number of rotatable bonds is 6. The Kier molecular flexibility index (Phi) is 6.06. The fourth-order valence-electron chi connectivity index (χ4n) is 3.34. The van der Waals surface area contributed by atoms with E-state index in [4.69, 9.17) is 9.47 Å². The molecule has 0 aliphatic heterocycles. The maximum atomic E-state index is 12.6. The molecule has 3 aromatic rings. The first-order valence-corrected chi connectivity index (χ1v) is 12.4. The lowest BCUT2D eigenvalue weighted by Gasteiger charge is -2.12. The number of esters is 1. The quantitative estimate of drug-likeness (QED) is 0.137. The highest BCUT2D eigenvalue weighted by molar-refractivity contribution is 14.1. The lowest BCUT2D eigenvalue weighted by molar-refractivity contribution is 0.0452. The van der Waals surface area contributed by atoms with Gasteiger partial charge in [0, 0.05) is 7.14 Å². The Balaban J connectivity index is 1.42. The molecule has 0 atom stereocenters. The number of carbonyl (C=O) groups excluding carboxylic acids is 1. The highest BCUT2D eigenvalue weighted by Crippen LogP contribution is 2.33. The van der Waals surface area contributed by atoms with Crippen LogP contribution in [0.25, 0.3) is 22.9 Å². The molecular weight excluding hydrogens is 634 g/mol. The van der Waals surface area contributed by atoms with Gasteiger partial charge in [-0.15, -0.1) is 0 Å². The van der Waals surface area contributed by atoms with Crippen molar-refractivity contribution in [2.75, 3.05) is 13.2 Å². The molecule has 154 valence electrons. The lowest BCUT2D eigenvalue weighted by Crippen LogP contribution is -2.13. The molecular formula is C21H14I2O6S. The van der Waals surface area contributed by atoms with E-state index in [2.05, 4.69) is 0 Å². The van der Waals surface area contributed by atoms with Crippen LogP contribution in [0.1, 0.15) is 21.5 Å². The zero-order chi connectivity index (χ0) is 21.5. The second kappa shape index (κ2) is 8.44. The van der Waals surface area contributed by atoms with Crippen molar-refractivity contribution in [3.63, 3.8) is 0 Å². The minimum absolute atomic E-state index is 0.0349. The van der Waals surface area contributed by atoms with Crippen LogP contribution in [-0.2, 0) is 14.9 Å². The predicted octanol–water partition coefficient (Wildman–Crippen LogP) is 5.02. The number of benzene rings is 3. The molecule has 4 rings (SSSR count). The monoisotopic (exact) mass is 648 g/mol. The third kappa shape index (κ3) is 4.20. The van der Waals surface area contributed by atoms with Gasteiger partial charge in [-0.25, -0.2) is 4.79 Å². The van der Waals surface area contributed by atoms with E-state index in [0.717, 1.165) is 21.9 Å². The fourth-order valence-corrected chi connectivity index (χ4v) is 7.33. The molecule has 0 radical (unpaired) electrons. The molecule has 1 N–H and O–H groups in total. The summed E-state index contributed by atoms with van der Waals surface area (Å²) < 4.78 is 43.8. The van der Waals surface area contributed by atoms with Crippen molar-refractivity contribution in [2.24, 2.45) is 0 Å². The molecule has 0 heterocycles. The van der Waals surface area contributed by atoms with Gasteiger partial charge in [0.1, 0.15) is 23.9 Å². The molecule has 0 bridgehead atoms. The summed E-state index contributed by atoms with van der Waals surface area (Å²) in [5, 5.41) is 1.90. The number of ether oxygens (including phenoxy) is 2. The summed E-state index contributed by atoms with van der Waals surface area (Å²) in [6.07, 6.45) is 4.05. The molecule has 30 heavy (non-hydrogen) atoms. The second-order valence-electron chi connectivity index (χ2n) is 6.48. The Hall–Kier alpha value is -1.70. The summed E-state index contributed by atoms with van der Waals surface area (Å²) in [4.78, 5) is 12.4. The van der Waals surface area contributed by atoms with Crippen LogP contribution in [0.2, 0.25) is 0 Å². The normalized spacial score (nSPS) is 12.4. The maximum Gasteiger partial charge on any atom is 0.338 e. The molecule has 1 aliphatic rings. The smallest absolute Gasteiger partial charge is 0.338 e. The Morgan fingerprint density at radius 2 is 1.63 bits per heavy atom. The molecule has 0 unspecified atom stereocenters. The van der Waals surface area contributed by atoms with Crippen molar-refractivity contribution < 1.29 is 27.2 Å². The second-order valence-corrected chi connectivity index (χ2v) is 10.2. The van der Waals surface area contributed by atoms with Crippen LogP contribution in [0.15, 0.2) is 47.4 Å². The number of carbonyl (C=O) groups is 1. The molecule has 6 nitrogen and oxygen atoms in total. The largest absolute Gasteiger partial charge is 0.490 e. The van der Waals surface area contributed by atoms with Crippen molar-refractivity contribution >= 4 is 84.2 Å². The standard InChI is InChI=1S/C21H14I2O6S/c22-17-10-14(11-18(23)20(17)30(25,26)27)28-8-9-29-21(24)16-7-6-13-5-4-12-2-1-3-15(16)19(12)13/h1-7,10-11H,8-9H2,(H,25,26,27). The zero-order valence-corrected chi connectivity index (χ0v) is 20.4. The first kappa shape index (κ1) is 21.5. The van der Waals surface area contributed by atoms with Crippen LogP contribution in [0, 0.1) is 7.14 Å². The molecule has 0 saturated heterocycles. The molecule has 3 aromatic carbocycles. The van der Waals surface area contributed by atoms with Gasteiger partial charge in [0.2, 0.25) is 0 Å². The summed E-state index contributed by atoms with van der Waals surface area (Å²) in [6.45, 7) is 0.138. The zero-order valence-electron chi connectivity index (χ0n) is 15.3. The number of hydrogen-bond acceptors (Lipinski definition) is 5. The maximum absolute atomic E-state index is 12.6. The van der Waals surface area contributed by atoms with E-state index in [0.29, 0.717) is 18.5 Å². The van der Waals surface area contributed by atoms with Crippen LogP contribution in [0.5, 0.6) is 5.75 Å². The van der Waals surface area contributed by atoms with Gasteiger partial charge in [0.05, 0.1) is 5.56 Å². The van der Waals surface area contributed by atoms with Gasteiger partial charge < -0.3 is 9.47 Å². The minimum Gasteiger partial charge on any atom is -0.490 e. The van der Waals surface area contributed by atoms with E-state index in [1.54, 1.807) is 6.07 Å². The minimum atomic E-state index is -4.31. The van der Waals surface area contributed by atoms with Crippen molar-refractivity contribution in [2.45, 2.75) is 4.90 Å². The van der Waals surface area contributed by atoms with E-state index in [9.17, 15) is 17.8 Å². The predicted molar refractivity (Wildman–Crippen MR) is 130 cm³/mol. The van der Waals surface area contributed by atoms with Gasteiger partial charge in [-0.2, -0.15) is 8.42 Å². The first-order valence-electron chi connectivity index (χ1n) is 8.76. The highest BCUT2D eigenvalue weighted by atomic mass is 127. The van der Waals surface area contributed by atoms with Gasteiger partial charge in [0.15, 0.2) is 0 Å². The summed E-state index contributed by atoms with van der Waals surface area (Å²) in [5.74, 6) is -0.0104. The first-order chi connectivity index (χ1) is 14.3. The molecule has 1 aliphatic carbocycles. The average Bonchev–Trinajstić information content (AvgIpc) is 3.09. The van der Waals surface area contributed by atoms with Crippen molar-refractivity contribution in [1.29, 1.82) is 0 Å². The van der Waals surface area contributed by atoms with E-state index >= 15 is 0 Å². The molecule has 9 heteroatoms. The Bertz CT molecular complexity index is 1280. The van der Waals surface area contributed by atoms with Crippen LogP contribution in [0.4, 0.5) is 0 Å². The van der Waals surface area contributed by atoms with Crippen LogP contribution in [0.3, 0.4) is 0 Å². The van der Waals surface area contributed by atoms with Crippen LogP contribution >= 0.6 is 45.2 Å². The van der Waals surface area contributed by atoms with Crippen LogP contribution in [-0.4, -0.2) is 32.2 Å². The number of hydrogen-bond donors (Lipinski definition) is 1. The Morgan fingerprint density at radius 3 is 2.30 bits per heavy atom. The third-order valence-electron chi connectivity index (χ3n) is 4.58. The van der Waals surface area contributed by atoms with Gasteiger partial charge in [-0.1, -0.05) is 36.4 Å². The molecule has 0 spiro atoms. The summed E-state index contributed by atoms with van der Waals surface area (Å²) in [5.41, 5.74) is 2.66. The fraction of sp³-hybridized carbons (Fsp3) is 0.0952. The summed E-state index contributed by atoms with van der Waals surface area (Å²) in [7, 11) is -4.31. The van der Waals surface area contributed by atoms with Gasteiger partial charge in [-0.05, 0) is 85.3 Å². The van der Waals surface area contributed by atoms with Crippen LogP contribution < -0.4 is 4.74 Å². The summed E-state index contributed by atoms with van der Waals surface area (Å²) in [6, 6.07) is 12.5. The van der Waals surface area contributed by atoms with Gasteiger partial charge >= 0.3 is 5.97 Å². The van der Waals surface area contributed by atoms with Crippen molar-refractivity contribution in [3.8, 4) is 5.75 Å². The molecule has 0 amide bonds. The van der Waals surface area contributed by atoms with Crippen molar-refractivity contribution in [3.05, 3.63) is 66.3 Å². The molecule has 0 fully saturated rings. The van der Waals surface area contributed by atoms with Crippen molar-refractivity contribution in [1.82, 2.24) is 0 Å². The number of halogens is 2. The Labute approximate surface area is 200 Å². The SMILES string of the molecule is O=C(OCCOc1cc(I)c(S(=O)(=O)O)c(I)c1)c1ccc2c3c(cccc13)C=C2. The Morgan fingerprint density at radius 1 is 0.967 bits per heavy atom. The average molecular weight is 648 g/mol. The van der Waals surface area contributed by atoms with E-state index in [1.807, 2.05) is 81.6 Å². The molecule has 0 aromatic heterocycles. The molecule has 0 saturated carbocycles. The van der Waals surface area contributed by atoms with E-state index in [1.165, 1.54) is 12.1 Å². The van der Waals surface area contributed by atoms with E-state index < -0.39 is 16.1 Å². The summed E-state index contributed by atoms with van der Waals surface area (Å²) >= 11 is 3.64. The lowest BCUT2D eigenvalue weighted by atomic mass is 9.99. The highest BCUT2D eigenvalue weighted by Gasteiger charge is 2.20.